The highest BCUT2D eigenvalue weighted by Gasteiger charge is 2.14. The summed E-state index contributed by atoms with van der Waals surface area (Å²) in [6.07, 6.45) is 0. The van der Waals surface area contributed by atoms with Gasteiger partial charge in [0.25, 0.3) is 0 Å². The number of halogens is 2. The number of hydrogen-bond acceptors (Lipinski definition) is 3. The van der Waals surface area contributed by atoms with Gasteiger partial charge in [-0.1, -0.05) is 35.9 Å². The molecule has 0 aliphatic carbocycles. The van der Waals surface area contributed by atoms with Gasteiger partial charge in [0.2, 0.25) is 5.91 Å². The summed E-state index contributed by atoms with van der Waals surface area (Å²) in [6, 6.07) is 11.8. The van der Waals surface area contributed by atoms with Crippen molar-refractivity contribution in [3.8, 4) is 5.75 Å². The average Bonchev–Trinajstić information content (AvgIpc) is 2.56. The second-order valence-electron chi connectivity index (χ2n) is 4.99. The van der Waals surface area contributed by atoms with E-state index in [1.54, 1.807) is 13.2 Å². The molecule has 2 aromatic rings. The number of benzene rings is 2. The Balaban J connectivity index is 1.95. The molecule has 0 aliphatic rings. The molecule has 0 spiro atoms. The predicted octanol–water partition coefficient (Wildman–Crippen LogP) is 3.78. The van der Waals surface area contributed by atoms with Gasteiger partial charge in [-0.3, -0.25) is 4.79 Å². The predicted molar refractivity (Wildman–Crippen MR) is 89.5 cm³/mol. The molecule has 0 radical (unpaired) electrons. The van der Waals surface area contributed by atoms with Crippen molar-refractivity contribution in [2.24, 2.45) is 0 Å². The normalized spacial score (nSPS) is 11.7. The SMILES string of the molecule is COc1ccccc1C(C)NC(=O)CNc1cccc(Cl)c1F. The number of carbonyl (C=O) groups excluding carboxylic acids is 1. The van der Waals surface area contributed by atoms with Gasteiger partial charge in [0.05, 0.1) is 30.4 Å². The Kier molecular flexibility index (Phi) is 5.82. The number of rotatable bonds is 6. The van der Waals surface area contributed by atoms with Crippen molar-refractivity contribution in [1.82, 2.24) is 5.32 Å². The fourth-order valence-corrected chi connectivity index (χ4v) is 2.38. The lowest BCUT2D eigenvalue weighted by Gasteiger charge is -2.17. The third-order valence-corrected chi connectivity index (χ3v) is 3.67. The number of anilines is 1. The average molecular weight is 337 g/mol. The minimum Gasteiger partial charge on any atom is -0.496 e. The molecule has 4 nitrogen and oxygen atoms in total. The third-order valence-electron chi connectivity index (χ3n) is 3.37. The van der Waals surface area contributed by atoms with Crippen molar-refractivity contribution in [2.75, 3.05) is 19.0 Å². The van der Waals surface area contributed by atoms with Gasteiger partial charge in [-0.25, -0.2) is 4.39 Å². The summed E-state index contributed by atoms with van der Waals surface area (Å²) in [5, 5.41) is 5.59. The molecular weight excluding hydrogens is 319 g/mol. The van der Waals surface area contributed by atoms with Crippen molar-refractivity contribution >= 4 is 23.2 Å². The second kappa shape index (κ2) is 7.83. The van der Waals surface area contributed by atoms with E-state index in [4.69, 9.17) is 16.3 Å². The van der Waals surface area contributed by atoms with E-state index in [0.717, 1.165) is 5.56 Å². The van der Waals surface area contributed by atoms with Crippen LogP contribution in [0.1, 0.15) is 18.5 Å². The smallest absolute Gasteiger partial charge is 0.239 e. The first kappa shape index (κ1) is 17.1. The highest BCUT2D eigenvalue weighted by atomic mass is 35.5. The maximum atomic E-state index is 13.7. The second-order valence-corrected chi connectivity index (χ2v) is 5.39. The van der Waals surface area contributed by atoms with Gasteiger partial charge in [-0.2, -0.15) is 0 Å². The summed E-state index contributed by atoms with van der Waals surface area (Å²) >= 11 is 5.70. The van der Waals surface area contributed by atoms with Gasteiger partial charge in [0, 0.05) is 5.56 Å². The van der Waals surface area contributed by atoms with Crippen molar-refractivity contribution < 1.29 is 13.9 Å². The maximum absolute atomic E-state index is 13.7. The van der Waals surface area contributed by atoms with Crippen molar-refractivity contribution in [3.63, 3.8) is 0 Å². The van der Waals surface area contributed by atoms with Gasteiger partial charge >= 0.3 is 0 Å². The van der Waals surface area contributed by atoms with Gasteiger partial charge in [-0.05, 0) is 25.1 Å². The molecule has 23 heavy (non-hydrogen) atoms. The molecule has 0 heterocycles. The van der Waals surface area contributed by atoms with Crippen molar-refractivity contribution in [3.05, 3.63) is 58.9 Å². The number of amides is 1. The molecule has 0 fully saturated rings. The lowest BCUT2D eigenvalue weighted by atomic mass is 10.1. The number of para-hydroxylation sites is 1. The van der Waals surface area contributed by atoms with E-state index in [1.807, 2.05) is 31.2 Å². The summed E-state index contributed by atoms with van der Waals surface area (Å²) in [6.45, 7) is 1.80. The van der Waals surface area contributed by atoms with E-state index < -0.39 is 5.82 Å². The van der Waals surface area contributed by atoms with Gasteiger partial charge in [0.1, 0.15) is 5.75 Å². The molecule has 0 aromatic heterocycles. The fraction of sp³-hybridized carbons (Fsp3) is 0.235. The topological polar surface area (TPSA) is 50.4 Å². The van der Waals surface area contributed by atoms with Crippen LogP contribution in [0.15, 0.2) is 42.5 Å². The lowest BCUT2D eigenvalue weighted by Crippen LogP contribution is -2.32. The number of carbonyl (C=O) groups is 1. The Hall–Kier alpha value is -2.27. The third kappa shape index (κ3) is 4.36. The Morgan fingerprint density at radius 1 is 1.26 bits per heavy atom. The van der Waals surface area contributed by atoms with Crippen LogP contribution in [0.5, 0.6) is 5.75 Å². The van der Waals surface area contributed by atoms with E-state index in [0.29, 0.717) is 5.75 Å². The summed E-state index contributed by atoms with van der Waals surface area (Å²) in [4.78, 5) is 12.0. The Labute approximate surface area is 139 Å². The van der Waals surface area contributed by atoms with Crippen LogP contribution in [0, 0.1) is 5.82 Å². The number of methoxy groups -OCH3 is 1. The van der Waals surface area contributed by atoms with Crippen molar-refractivity contribution in [2.45, 2.75) is 13.0 Å². The molecule has 0 saturated carbocycles. The molecule has 0 aliphatic heterocycles. The standard InChI is InChI=1S/C17H18ClFN2O2/c1-11(12-6-3-4-9-15(12)23-2)21-16(22)10-20-14-8-5-7-13(18)17(14)19/h3-9,11,20H,10H2,1-2H3,(H,21,22). The molecule has 1 amide bonds. The molecule has 0 saturated heterocycles. The fourth-order valence-electron chi connectivity index (χ4n) is 2.21. The van der Waals surface area contributed by atoms with E-state index in [2.05, 4.69) is 10.6 Å². The molecule has 122 valence electrons. The van der Waals surface area contributed by atoms with Crippen LogP contribution in [-0.4, -0.2) is 19.6 Å². The Morgan fingerprint density at radius 2 is 2.00 bits per heavy atom. The molecule has 0 bridgehead atoms. The van der Waals surface area contributed by atoms with E-state index in [9.17, 15) is 9.18 Å². The summed E-state index contributed by atoms with van der Waals surface area (Å²) < 4.78 is 19.0. The largest absolute Gasteiger partial charge is 0.496 e. The molecule has 2 rings (SSSR count). The van der Waals surface area contributed by atoms with Crippen molar-refractivity contribution in [1.29, 1.82) is 0 Å². The van der Waals surface area contributed by atoms with Crippen LogP contribution >= 0.6 is 11.6 Å². The molecule has 6 heteroatoms. The van der Waals surface area contributed by atoms with Gasteiger partial charge < -0.3 is 15.4 Å². The van der Waals surface area contributed by atoms with Crippen LogP contribution in [-0.2, 0) is 4.79 Å². The van der Waals surface area contributed by atoms with Crippen LogP contribution in [0.2, 0.25) is 5.02 Å². The summed E-state index contributed by atoms with van der Waals surface area (Å²) in [5.74, 6) is -0.128. The zero-order valence-corrected chi connectivity index (χ0v) is 13.7. The molecule has 1 unspecified atom stereocenters. The maximum Gasteiger partial charge on any atom is 0.239 e. The van der Waals surface area contributed by atoms with Crippen LogP contribution in [0.3, 0.4) is 0 Å². The van der Waals surface area contributed by atoms with Gasteiger partial charge in [0.15, 0.2) is 5.82 Å². The first-order chi connectivity index (χ1) is 11.0. The first-order valence-electron chi connectivity index (χ1n) is 7.13. The zero-order valence-electron chi connectivity index (χ0n) is 12.9. The van der Waals surface area contributed by atoms with Gasteiger partial charge in [-0.15, -0.1) is 0 Å². The molecule has 2 N–H and O–H groups in total. The van der Waals surface area contributed by atoms with E-state index in [-0.39, 0.29) is 29.2 Å². The number of hydrogen-bond donors (Lipinski definition) is 2. The Bertz CT molecular complexity index is 694. The summed E-state index contributed by atoms with van der Waals surface area (Å²) in [7, 11) is 1.58. The highest BCUT2D eigenvalue weighted by Crippen LogP contribution is 2.24. The first-order valence-corrected chi connectivity index (χ1v) is 7.51. The number of ether oxygens (including phenoxy) is 1. The lowest BCUT2D eigenvalue weighted by molar-refractivity contribution is -0.120. The highest BCUT2D eigenvalue weighted by molar-refractivity contribution is 6.31. The van der Waals surface area contributed by atoms with E-state index in [1.165, 1.54) is 12.1 Å². The molecule has 1 atom stereocenters. The monoisotopic (exact) mass is 336 g/mol. The van der Waals surface area contributed by atoms with Crippen LogP contribution < -0.4 is 15.4 Å². The quantitative estimate of drug-likeness (QED) is 0.844. The minimum absolute atomic E-state index is 0.0119. The van der Waals surface area contributed by atoms with Crippen LogP contribution in [0.4, 0.5) is 10.1 Å². The Morgan fingerprint density at radius 3 is 2.74 bits per heavy atom. The van der Waals surface area contributed by atoms with Crippen LogP contribution in [0.25, 0.3) is 0 Å². The molecule has 2 aromatic carbocycles. The molecular formula is C17H18ClFN2O2. The summed E-state index contributed by atoms with van der Waals surface area (Å²) in [5.41, 5.74) is 1.06. The minimum atomic E-state index is -0.570. The zero-order chi connectivity index (χ0) is 16.8. The number of nitrogens with one attached hydrogen (secondary N) is 2. The van der Waals surface area contributed by atoms with E-state index >= 15 is 0 Å².